The summed E-state index contributed by atoms with van der Waals surface area (Å²) in [5.74, 6) is 0.821. The molecule has 0 aliphatic heterocycles. The van der Waals surface area contributed by atoms with E-state index in [1.807, 2.05) is 19.1 Å². The SMILES string of the molecule is C=C(C)CCOc1ccc(CNCC)nc1. The topological polar surface area (TPSA) is 34.1 Å². The first kappa shape index (κ1) is 12.7. The number of rotatable bonds is 7. The summed E-state index contributed by atoms with van der Waals surface area (Å²) in [5.41, 5.74) is 2.17. The van der Waals surface area contributed by atoms with Crippen LogP contribution in [0.4, 0.5) is 0 Å². The van der Waals surface area contributed by atoms with Gasteiger partial charge in [0.2, 0.25) is 0 Å². The smallest absolute Gasteiger partial charge is 0.137 e. The minimum Gasteiger partial charge on any atom is -0.492 e. The number of nitrogens with zero attached hydrogens (tertiary/aromatic N) is 1. The van der Waals surface area contributed by atoms with Crippen molar-refractivity contribution in [2.24, 2.45) is 0 Å². The van der Waals surface area contributed by atoms with Crippen molar-refractivity contribution in [3.63, 3.8) is 0 Å². The lowest BCUT2D eigenvalue weighted by molar-refractivity contribution is 0.320. The fourth-order valence-corrected chi connectivity index (χ4v) is 1.20. The highest BCUT2D eigenvalue weighted by Crippen LogP contribution is 2.10. The van der Waals surface area contributed by atoms with Gasteiger partial charge in [0, 0.05) is 13.0 Å². The summed E-state index contributed by atoms with van der Waals surface area (Å²) in [6.07, 6.45) is 2.66. The summed E-state index contributed by atoms with van der Waals surface area (Å²) in [6, 6.07) is 3.94. The monoisotopic (exact) mass is 220 g/mol. The standard InChI is InChI=1S/C13H20N2O/c1-4-14-9-12-5-6-13(10-15-12)16-8-7-11(2)3/h5-6,10,14H,2,4,7-9H2,1,3H3. The number of hydrogen-bond donors (Lipinski definition) is 1. The van der Waals surface area contributed by atoms with E-state index in [-0.39, 0.29) is 0 Å². The van der Waals surface area contributed by atoms with Crippen molar-refractivity contribution in [3.05, 3.63) is 36.2 Å². The highest BCUT2D eigenvalue weighted by Gasteiger charge is 1.96. The molecule has 0 unspecified atom stereocenters. The quantitative estimate of drug-likeness (QED) is 0.717. The van der Waals surface area contributed by atoms with Crippen LogP contribution < -0.4 is 10.1 Å². The van der Waals surface area contributed by atoms with Crippen LogP contribution in [-0.4, -0.2) is 18.1 Å². The van der Waals surface area contributed by atoms with Gasteiger partial charge < -0.3 is 10.1 Å². The number of aromatic nitrogens is 1. The fourth-order valence-electron chi connectivity index (χ4n) is 1.20. The maximum atomic E-state index is 5.53. The molecule has 0 aromatic carbocycles. The average molecular weight is 220 g/mol. The third kappa shape index (κ3) is 4.94. The van der Waals surface area contributed by atoms with Crippen molar-refractivity contribution in [1.82, 2.24) is 10.3 Å². The predicted octanol–water partition coefficient (Wildman–Crippen LogP) is 2.54. The van der Waals surface area contributed by atoms with Crippen molar-refractivity contribution in [1.29, 1.82) is 0 Å². The van der Waals surface area contributed by atoms with E-state index < -0.39 is 0 Å². The van der Waals surface area contributed by atoms with Crippen LogP contribution in [0.15, 0.2) is 30.5 Å². The first-order valence-corrected chi connectivity index (χ1v) is 5.65. The van der Waals surface area contributed by atoms with Crippen molar-refractivity contribution in [2.75, 3.05) is 13.2 Å². The lowest BCUT2D eigenvalue weighted by atomic mass is 10.3. The highest BCUT2D eigenvalue weighted by molar-refractivity contribution is 5.19. The molecule has 0 atom stereocenters. The van der Waals surface area contributed by atoms with Gasteiger partial charge in [0.15, 0.2) is 0 Å². The Bertz CT molecular complexity index is 319. The van der Waals surface area contributed by atoms with Gasteiger partial charge >= 0.3 is 0 Å². The van der Waals surface area contributed by atoms with Crippen LogP contribution in [-0.2, 0) is 6.54 Å². The van der Waals surface area contributed by atoms with Gasteiger partial charge in [-0.15, -0.1) is 6.58 Å². The molecular weight excluding hydrogens is 200 g/mol. The van der Waals surface area contributed by atoms with Crippen LogP contribution in [0.25, 0.3) is 0 Å². The predicted molar refractivity (Wildman–Crippen MR) is 66.5 cm³/mol. The van der Waals surface area contributed by atoms with Gasteiger partial charge in [0.25, 0.3) is 0 Å². The molecule has 3 heteroatoms. The number of ether oxygens (including phenoxy) is 1. The van der Waals surface area contributed by atoms with Gasteiger partial charge in [-0.25, -0.2) is 0 Å². The molecule has 0 saturated heterocycles. The maximum absolute atomic E-state index is 5.53. The number of hydrogen-bond acceptors (Lipinski definition) is 3. The molecule has 0 spiro atoms. The van der Waals surface area contributed by atoms with Crippen LogP contribution in [0, 0.1) is 0 Å². The minimum atomic E-state index is 0.670. The minimum absolute atomic E-state index is 0.670. The largest absolute Gasteiger partial charge is 0.492 e. The van der Waals surface area contributed by atoms with Crippen LogP contribution in [0.3, 0.4) is 0 Å². The Morgan fingerprint density at radius 1 is 1.50 bits per heavy atom. The van der Waals surface area contributed by atoms with Gasteiger partial charge in [0.05, 0.1) is 18.5 Å². The van der Waals surface area contributed by atoms with Gasteiger partial charge in [-0.1, -0.05) is 12.5 Å². The Hall–Kier alpha value is -1.35. The summed E-state index contributed by atoms with van der Waals surface area (Å²) < 4.78 is 5.53. The molecule has 88 valence electrons. The van der Waals surface area contributed by atoms with E-state index in [2.05, 4.69) is 23.8 Å². The van der Waals surface area contributed by atoms with Gasteiger partial charge in [0.1, 0.15) is 5.75 Å². The Kier molecular flexibility index (Phi) is 5.57. The molecule has 0 amide bonds. The van der Waals surface area contributed by atoms with E-state index in [4.69, 9.17) is 4.74 Å². The third-order valence-corrected chi connectivity index (χ3v) is 2.15. The lowest BCUT2D eigenvalue weighted by Gasteiger charge is -2.06. The van der Waals surface area contributed by atoms with Crippen molar-refractivity contribution < 1.29 is 4.74 Å². The van der Waals surface area contributed by atoms with Crippen LogP contribution in [0.1, 0.15) is 26.0 Å². The molecule has 1 aromatic heterocycles. The van der Waals surface area contributed by atoms with Crippen LogP contribution >= 0.6 is 0 Å². The third-order valence-electron chi connectivity index (χ3n) is 2.15. The molecule has 0 aliphatic rings. The maximum Gasteiger partial charge on any atom is 0.137 e. The van der Waals surface area contributed by atoms with Gasteiger partial charge in [-0.2, -0.15) is 0 Å². The number of nitrogens with one attached hydrogen (secondary N) is 1. The molecule has 3 nitrogen and oxygen atoms in total. The molecule has 1 heterocycles. The summed E-state index contributed by atoms with van der Waals surface area (Å²) in [6.45, 7) is 10.3. The zero-order valence-corrected chi connectivity index (χ0v) is 10.1. The molecule has 1 aromatic rings. The molecule has 16 heavy (non-hydrogen) atoms. The Morgan fingerprint density at radius 2 is 2.31 bits per heavy atom. The molecule has 1 rings (SSSR count). The van der Waals surface area contributed by atoms with Crippen LogP contribution in [0.2, 0.25) is 0 Å². The van der Waals surface area contributed by atoms with Crippen LogP contribution in [0.5, 0.6) is 5.75 Å². The van der Waals surface area contributed by atoms with Crippen molar-refractivity contribution in [2.45, 2.75) is 26.8 Å². The first-order valence-electron chi connectivity index (χ1n) is 5.65. The van der Waals surface area contributed by atoms with Crippen molar-refractivity contribution >= 4 is 0 Å². The summed E-state index contributed by atoms with van der Waals surface area (Å²) >= 11 is 0. The van der Waals surface area contributed by atoms with Crippen molar-refractivity contribution in [3.8, 4) is 5.75 Å². The summed E-state index contributed by atoms with van der Waals surface area (Å²) in [5, 5.41) is 3.23. The molecule has 0 bridgehead atoms. The molecule has 0 saturated carbocycles. The fraction of sp³-hybridized carbons (Fsp3) is 0.462. The molecule has 0 radical (unpaired) electrons. The molecular formula is C13H20N2O. The second-order valence-corrected chi connectivity index (χ2v) is 3.82. The first-order chi connectivity index (χ1) is 7.72. The molecule has 0 fully saturated rings. The zero-order valence-electron chi connectivity index (χ0n) is 10.1. The van der Waals surface area contributed by atoms with E-state index in [0.717, 1.165) is 36.5 Å². The lowest BCUT2D eigenvalue weighted by Crippen LogP contribution is -2.12. The van der Waals surface area contributed by atoms with E-state index >= 15 is 0 Å². The Labute approximate surface area is 97.5 Å². The summed E-state index contributed by atoms with van der Waals surface area (Å²) in [4.78, 5) is 4.30. The normalized spacial score (nSPS) is 10.1. The van der Waals surface area contributed by atoms with E-state index in [1.54, 1.807) is 6.20 Å². The zero-order chi connectivity index (χ0) is 11.8. The average Bonchev–Trinajstić information content (AvgIpc) is 2.27. The van der Waals surface area contributed by atoms with Gasteiger partial charge in [-0.05, 0) is 25.6 Å². The Balaban J connectivity index is 2.36. The molecule has 1 N–H and O–H groups in total. The highest BCUT2D eigenvalue weighted by atomic mass is 16.5. The molecule has 0 aliphatic carbocycles. The second-order valence-electron chi connectivity index (χ2n) is 3.82. The van der Waals surface area contributed by atoms with Gasteiger partial charge in [-0.3, -0.25) is 4.98 Å². The second kappa shape index (κ2) is 7.01. The Morgan fingerprint density at radius 3 is 2.88 bits per heavy atom. The van der Waals surface area contributed by atoms with E-state index in [0.29, 0.717) is 6.61 Å². The van der Waals surface area contributed by atoms with E-state index in [9.17, 15) is 0 Å². The number of pyridine rings is 1. The van der Waals surface area contributed by atoms with E-state index in [1.165, 1.54) is 0 Å². The summed E-state index contributed by atoms with van der Waals surface area (Å²) in [7, 11) is 0.